The minimum absolute atomic E-state index is 0.0583. The Kier molecular flexibility index (Phi) is 6.96. The zero-order chi connectivity index (χ0) is 24.8. The number of ether oxygens (including phenoxy) is 1. The minimum atomic E-state index is -0.599. The second kappa shape index (κ2) is 10.4. The van der Waals surface area contributed by atoms with E-state index in [0.29, 0.717) is 5.69 Å². The standard InChI is InChI=1S/C26H21FN4O4/c1-2-35-26(34)20-10-6-7-11-22(20)29-25(33)21-16-28-31(19-8-4-3-5-9-19)23(21)30-24(32)17-12-14-18(27)15-13-17/h3-16H,2H2,1H3,(H,29,33)(H,30,32). The molecule has 0 atom stereocenters. The first-order chi connectivity index (χ1) is 17.0. The Labute approximate surface area is 200 Å². The number of nitrogens with zero attached hydrogens (tertiary/aromatic N) is 2. The Morgan fingerprint density at radius 2 is 1.54 bits per heavy atom. The Morgan fingerprint density at radius 3 is 2.26 bits per heavy atom. The van der Waals surface area contributed by atoms with Gasteiger partial charge in [0.1, 0.15) is 17.2 Å². The smallest absolute Gasteiger partial charge is 0.340 e. The van der Waals surface area contributed by atoms with Gasteiger partial charge >= 0.3 is 5.97 Å². The number of para-hydroxylation sites is 2. The second-order valence-electron chi connectivity index (χ2n) is 7.34. The highest BCUT2D eigenvalue weighted by molar-refractivity contribution is 6.13. The van der Waals surface area contributed by atoms with Crippen molar-refractivity contribution in [1.29, 1.82) is 0 Å². The summed E-state index contributed by atoms with van der Waals surface area (Å²) in [7, 11) is 0. The number of carbonyl (C=O) groups excluding carboxylic acids is 3. The molecule has 9 heteroatoms. The summed E-state index contributed by atoms with van der Waals surface area (Å²) in [5.74, 6) is -2.09. The Bertz CT molecular complexity index is 1370. The number of hydrogen-bond acceptors (Lipinski definition) is 5. The fourth-order valence-electron chi connectivity index (χ4n) is 3.35. The molecule has 1 heterocycles. The van der Waals surface area contributed by atoms with Gasteiger partial charge < -0.3 is 15.4 Å². The van der Waals surface area contributed by atoms with Crippen LogP contribution in [-0.2, 0) is 4.74 Å². The van der Waals surface area contributed by atoms with Crippen LogP contribution in [-0.4, -0.2) is 34.2 Å². The predicted molar refractivity (Wildman–Crippen MR) is 128 cm³/mol. The largest absolute Gasteiger partial charge is 0.462 e. The molecule has 176 valence electrons. The number of hydrogen-bond donors (Lipinski definition) is 2. The maximum atomic E-state index is 13.3. The van der Waals surface area contributed by atoms with Gasteiger partial charge in [-0.15, -0.1) is 0 Å². The molecule has 1 aromatic heterocycles. The molecule has 2 amide bonds. The average molecular weight is 472 g/mol. The summed E-state index contributed by atoms with van der Waals surface area (Å²) in [6.45, 7) is 1.87. The Morgan fingerprint density at radius 1 is 0.857 bits per heavy atom. The molecule has 0 saturated carbocycles. The molecular formula is C26H21FN4O4. The van der Waals surface area contributed by atoms with Crippen molar-refractivity contribution in [2.24, 2.45) is 0 Å². The third-order valence-corrected chi connectivity index (χ3v) is 5.02. The number of anilines is 2. The van der Waals surface area contributed by atoms with Gasteiger partial charge in [0.2, 0.25) is 0 Å². The molecule has 35 heavy (non-hydrogen) atoms. The van der Waals surface area contributed by atoms with Crippen molar-refractivity contribution in [1.82, 2.24) is 9.78 Å². The number of nitrogens with one attached hydrogen (secondary N) is 2. The fraction of sp³-hybridized carbons (Fsp3) is 0.0769. The number of aromatic nitrogens is 2. The zero-order valence-electron chi connectivity index (χ0n) is 18.7. The zero-order valence-corrected chi connectivity index (χ0v) is 18.7. The van der Waals surface area contributed by atoms with Crippen LogP contribution in [0.5, 0.6) is 0 Å². The highest BCUT2D eigenvalue weighted by Gasteiger charge is 2.23. The van der Waals surface area contributed by atoms with Gasteiger partial charge in [0.05, 0.1) is 29.7 Å². The first kappa shape index (κ1) is 23.4. The Balaban J connectivity index is 1.69. The van der Waals surface area contributed by atoms with Crippen LogP contribution in [0.1, 0.15) is 38.0 Å². The van der Waals surface area contributed by atoms with E-state index in [1.807, 2.05) is 6.07 Å². The lowest BCUT2D eigenvalue weighted by molar-refractivity contribution is 0.0527. The monoisotopic (exact) mass is 472 g/mol. The first-order valence-electron chi connectivity index (χ1n) is 10.8. The number of rotatable bonds is 7. The van der Waals surface area contributed by atoms with Crippen molar-refractivity contribution in [2.75, 3.05) is 17.2 Å². The molecule has 0 saturated heterocycles. The molecule has 8 nitrogen and oxygen atoms in total. The van der Waals surface area contributed by atoms with E-state index in [2.05, 4.69) is 15.7 Å². The maximum absolute atomic E-state index is 13.3. The Hall–Kier alpha value is -4.79. The topological polar surface area (TPSA) is 102 Å². The molecule has 0 radical (unpaired) electrons. The van der Waals surface area contributed by atoms with Gasteiger partial charge in [0.25, 0.3) is 11.8 Å². The van der Waals surface area contributed by atoms with E-state index >= 15 is 0 Å². The van der Waals surface area contributed by atoms with E-state index < -0.39 is 23.6 Å². The van der Waals surface area contributed by atoms with E-state index in [-0.39, 0.29) is 34.8 Å². The van der Waals surface area contributed by atoms with Crippen molar-refractivity contribution in [3.05, 3.63) is 108 Å². The average Bonchev–Trinajstić information content (AvgIpc) is 3.29. The van der Waals surface area contributed by atoms with E-state index in [1.54, 1.807) is 49.4 Å². The highest BCUT2D eigenvalue weighted by Crippen LogP contribution is 2.24. The molecule has 0 aliphatic heterocycles. The van der Waals surface area contributed by atoms with E-state index in [1.165, 1.54) is 41.2 Å². The quantitative estimate of drug-likeness (QED) is 0.380. The number of halogens is 1. The summed E-state index contributed by atoms with van der Waals surface area (Å²) < 4.78 is 19.8. The molecular weight excluding hydrogens is 451 g/mol. The van der Waals surface area contributed by atoms with Crippen molar-refractivity contribution in [3.8, 4) is 5.69 Å². The van der Waals surface area contributed by atoms with Gasteiger partial charge in [-0.3, -0.25) is 9.59 Å². The van der Waals surface area contributed by atoms with E-state index in [4.69, 9.17) is 4.74 Å². The van der Waals surface area contributed by atoms with Crippen LogP contribution in [0.3, 0.4) is 0 Å². The van der Waals surface area contributed by atoms with Crippen molar-refractivity contribution < 1.29 is 23.5 Å². The number of benzene rings is 3. The molecule has 0 aliphatic rings. The van der Waals surface area contributed by atoms with E-state index in [0.717, 1.165) is 0 Å². The summed E-state index contributed by atoms with van der Waals surface area (Å²) in [6, 6.07) is 20.4. The summed E-state index contributed by atoms with van der Waals surface area (Å²) >= 11 is 0. The molecule has 0 spiro atoms. The van der Waals surface area contributed by atoms with Crippen LogP contribution in [0, 0.1) is 5.82 Å². The predicted octanol–water partition coefficient (Wildman–Crippen LogP) is 4.69. The third kappa shape index (κ3) is 5.25. The summed E-state index contributed by atoms with van der Waals surface area (Å²) in [5, 5.41) is 9.69. The third-order valence-electron chi connectivity index (χ3n) is 5.02. The first-order valence-corrected chi connectivity index (χ1v) is 10.8. The molecule has 0 fully saturated rings. The molecule has 3 aromatic carbocycles. The number of amides is 2. The SMILES string of the molecule is CCOC(=O)c1ccccc1NC(=O)c1cnn(-c2ccccc2)c1NC(=O)c1ccc(F)cc1. The van der Waals surface area contributed by atoms with Crippen LogP contribution < -0.4 is 10.6 Å². The molecule has 0 unspecified atom stereocenters. The lowest BCUT2D eigenvalue weighted by atomic mass is 10.1. The molecule has 0 bridgehead atoms. The summed E-state index contributed by atoms with van der Waals surface area (Å²) in [5.41, 5.74) is 1.30. The molecule has 4 aromatic rings. The van der Waals surface area contributed by atoms with Gasteiger partial charge in [-0.2, -0.15) is 5.10 Å². The second-order valence-corrected chi connectivity index (χ2v) is 7.34. The number of esters is 1. The normalized spacial score (nSPS) is 10.5. The fourth-order valence-corrected chi connectivity index (χ4v) is 3.35. The van der Waals surface area contributed by atoms with Crippen LogP contribution >= 0.6 is 0 Å². The van der Waals surface area contributed by atoms with Crippen LogP contribution in [0.4, 0.5) is 15.9 Å². The van der Waals surface area contributed by atoms with Gasteiger partial charge in [0, 0.05) is 5.56 Å². The van der Waals surface area contributed by atoms with Crippen molar-refractivity contribution in [2.45, 2.75) is 6.92 Å². The van der Waals surface area contributed by atoms with Crippen molar-refractivity contribution >= 4 is 29.3 Å². The molecule has 0 aliphatic carbocycles. The van der Waals surface area contributed by atoms with Gasteiger partial charge in [-0.1, -0.05) is 30.3 Å². The van der Waals surface area contributed by atoms with Crippen molar-refractivity contribution in [3.63, 3.8) is 0 Å². The minimum Gasteiger partial charge on any atom is -0.462 e. The van der Waals surface area contributed by atoms with Gasteiger partial charge in [-0.25, -0.2) is 13.9 Å². The lowest BCUT2D eigenvalue weighted by Crippen LogP contribution is -2.20. The van der Waals surface area contributed by atoms with Crippen LogP contribution in [0.25, 0.3) is 5.69 Å². The van der Waals surface area contributed by atoms with Gasteiger partial charge in [0.15, 0.2) is 0 Å². The van der Waals surface area contributed by atoms with E-state index in [9.17, 15) is 18.8 Å². The highest BCUT2D eigenvalue weighted by atomic mass is 19.1. The van der Waals surface area contributed by atoms with Crippen LogP contribution in [0.2, 0.25) is 0 Å². The van der Waals surface area contributed by atoms with Crippen LogP contribution in [0.15, 0.2) is 85.1 Å². The molecule has 4 rings (SSSR count). The summed E-state index contributed by atoms with van der Waals surface area (Å²) in [6.07, 6.45) is 1.32. The van der Waals surface area contributed by atoms with Gasteiger partial charge in [-0.05, 0) is 55.5 Å². The summed E-state index contributed by atoms with van der Waals surface area (Å²) in [4.78, 5) is 38.4. The lowest BCUT2D eigenvalue weighted by Gasteiger charge is -2.13. The maximum Gasteiger partial charge on any atom is 0.340 e. The molecule has 2 N–H and O–H groups in total. The number of carbonyl (C=O) groups is 3.